The van der Waals surface area contributed by atoms with E-state index in [-0.39, 0.29) is 22.0 Å². The van der Waals surface area contributed by atoms with Crippen molar-refractivity contribution in [2.24, 2.45) is 17.8 Å². The third kappa shape index (κ3) is 4.17. The minimum absolute atomic E-state index is 0.0801. The molecule has 0 heterocycles. The molecule has 1 aromatic carbocycles. The van der Waals surface area contributed by atoms with Crippen molar-refractivity contribution in [1.82, 2.24) is 10.6 Å². The van der Waals surface area contributed by atoms with Gasteiger partial charge in [-0.15, -0.1) is 0 Å². The molecule has 4 saturated carbocycles. The van der Waals surface area contributed by atoms with E-state index in [1.54, 1.807) is 0 Å². The van der Waals surface area contributed by atoms with Crippen LogP contribution in [0.4, 0.5) is 10.5 Å². The van der Waals surface area contributed by atoms with Crippen LogP contribution in [0.15, 0.2) is 18.2 Å². The highest BCUT2D eigenvalue weighted by molar-refractivity contribution is 6.30. The molecule has 29 heavy (non-hydrogen) atoms. The Bertz CT molecular complexity index is 823. The first kappa shape index (κ1) is 19.9. The Morgan fingerprint density at radius 1 is 1.21 bits per heavy atom. The molecule has 0 aliphatic heterocycles. The maximum atomic E-state index is 12.5. The SMILES string of the molecule is C[C@H](Oc1ccc(Cl)cc1[N+](=O)[O-])C(=O)NC(=O)NC12CC3CC(CC(C3)C1)C2. The van der Waals surface area contributed by atoms with E-state index in [1.807, 2.05) is 0 Å². The average molecular weight is 422 g/mol. The number of urea groups is 1. The van der Waals surface area contributed by atoms with Crippen LogP contribution in [0.5, 0.6) is 5.75 Å². The van der Waals surface area contributed by atoms with Crippen LogP contribution in [-0.2, 0) is 4.79 Å². The van der Waals surface area contributed by atoms with Crippen molar-refractivity contribution >= 4 is 29.2 Å². The summed E-state index contributed by atoms with van der Waals surface area (Å²) in [6.45, 7) is 1.44. The minimum Gasteiger partial charge on any atom is -0.474 e. The van der Waals surface area contributed by atoms with Gasteiger partial charge in [0.25, 0.3) is 5.91 Å². The summed E-state index contributed by atoms with van der Waals surface area (Å²) in [4.78, 5) is 35.4. The molecule has 4 aliphatic rings. The fourth-order valence-corrected chi connectivity index (χ4v) is 5.89. The molecular weight excluding hydrogens is 398 g/mol. The lowest BCUT2D eigenvalue weighted by Gasteiger charge is -2.56. The lowest BCUT2D eigenvalue weighted by atomic mass is 9.53. The molecule has 1 atom stereocenters. The number of nitrogens with zero attached hydrogens (tertiary/aromatic N) is 1. The molecule has 0 saturated heterocycles. The summed E-state index contributed by atoms with van der Waals surface area (Å²) in [7, 11) is 0. The van der Waals surface area contributed by atoms with E-state index in [4.69, 9.17) is 16.3 Å². The van der Waals surface area contributed by atoms with Crippen LogP contribution in [-0.4, -0.2) is 28.5 Å². The van der Waals surface area contributed by atoms with Crippen molar-refractivity contribution in [3.63, 3.8) is 0 Å². The molecule has 2 N–H and O–H groups in total. The molecule has 3 amide bonds. The number of hydrogen-bond acceptors (Lipinski definition) is 5. The molecular formula is C20H24ClN3O5. The van der Waals surface area contributed by atoms with Gasteiger partial charge in [0.15, 0.2) is 11.9 Å². The molecule has 1 aromatic rings. The first-order chi connectivity index (χ1) is 13.7. The standard InChI is InChI=1S/C20H24ClN3O5/c1-11(29-17-3-2-15(21)7-16(17)24(27)28)18(25)22-19(26)23-20-8-12-4-13(9-20)6-14(5-12)10-20/h2-3,7,11-14H,4-6,8-10H2,1H3,(H2,22,23,25,26)/t11-,12?,13?,14?,20?/m0/s1. The summed E-state index contributed by atoms with van der Waals surface area (Å²) in [6, 6.07) is 3.40. The van der Waals surface area contributed by atoms with Gasteiger partial charge < -0.3 is 10.1 Å². The van der Waals surface area contributed by atoms with Gasteiger partial charge >= 0.3 is 11.7 Å². The highest BCUT2D eigenvalue weighted by Gasteiger charge is 2.51. The number of carbonyl (C=O) groups is 2. The number of ether oxygens (including phenoxy) is 1. The maximum Gasteiger partial charge on any atom is 0.321 e. The van der Waals surface area contributed by atoms with Crippen LogP contribution >= 0.6 is 11.6 Å². The van der Waals surface area contributed by atoms with Crippen molar-refractivity contribution in [2.45, 2.75) is 57.1 Å². The first-order valence-corrected chi connectivity index (χ1v) is 10.3. The number of nitrogens with one attached hydrogen (secondary N) is 2. The molecule has 0 unspecified atom stereocenters. The van der Waals surface area contributed by atoms with Gasteiger partial charge in [-0.3, -0.25) is 20.2 Å². The zero-order valence-electron chi connectivity index (χ0n) is 16.2. The predicted octanol–water partition coefficient (Wildman–Crippen LogP) is 3.81. The Hall–Kier alpha value is -2.35. The van der Waals surface area contributed by atoms with E-state index in [0.717, 1.165) is 25.3 Å². The highest BCUT2D eigenvalue weighted by Crippen LogP contribution is 2.55. The van der Waals surface area contributed by atoms with Gasteiger partial charge in [0.1, 0.15) is 0 Å². The molecule has 0 aromatic heterocycles. The number of nitro groups is 1. The Balaban J connectivity index is 1.36. The van der Waals surface area contributed by atoms with Crippen molar-refractivity contribution in [3.8, 4) is 5.75 Å². The monoisotopic (exact) mass is 421 g/mol. The van der Waals surface area contributed by atoms with E-state index >= 15 is 0 Å². The Kier molecular flexibility index (Phi) is 5.14. The third-order valence-electron chi connectivity index (χ3n) is 6.44. The summed E-state index contributed by atoms with van der Waals surface area (Å²) in [5.41, 5.74) is -0.548. The topological polar surface area (TPSA) is 111 Å². The van der Waals surface area contributed by atoms with Crippen molar-refractivity contribution in [1.29, 1.82) is 0 Å². The number of amides is 3. The largest absolute Gasteiger partial charge is 0.474 e. The molecule has 8 nitrogen and oxygen atoms in total. The zero-order chi connectivity index (χ0) is 20.8. The van der Waals surface area contributed by atoms with Gasteiger partial charge in [-0.1, -0.05) is 11.6 Å². The molecule has 5 rings (SSSR count). The van der Waals surface area contributed by atoms with Crippen molar-refractivity contribution < 1.29 is 19.2 Å². The van der Waals surface area contributed by atoms with E-state index < -0.39 is 23.0 Å². The van der Waals surface area contributed by atoms with Crippen molar-refractivity contribution in [3.05, 3.63) is 33.3 Å². The Morgan fingerprint density at radius 2 is 1.79 bits per heavy atom. The molecule has 4 aliphatic carbocycles. The number of imide groups is 1. The number of benzene rings is 1. The smallest absolute Gasteiger partial charge is 0.321 e. The van der Waals surface area contributed by atoms with E-state index in [1.165, 1.54) is 38.3 Å². The first-order valence-electron chi connectivity index (χ1n) is 9.96. The van der Waals surface area contributed by atoms with Crippen LogP contribution < -0.4 is 15.4 Å². The van der Waals surface area contributed by atoms with E-state index in [0.29, 0.717) is 17.8 Å². The summed E-state index contributed by atoms with van der Waals surface area (Å²) in [5, 5.41) is 16.7. The predicted molar refractivity (Wildman–Crippen MR) is 106 cm³/mol. The Morgan fingerprint density at radius 3 is 2.34 bits per heavy atom. The fraction of sp³-hybridized carbons (Fsp3) is 0.600. The van der Waals surface area contributed by atoms with Gasteiger partial charge in [0.2, 0.25) is 0 Å². The second-order valence-electron chi connectivity index (χ2n) is 8.77. The quantitative estimate of drug-likeness (QED) is 0.554. The summed E-state index contributed by atoms with van der Waals surface area (Å²) in [5.74, 6) is 1.28. The van der Waals surface area contributed by atoms with Crippen LogP contribution in [0, 0.1) is 27.9 Å². The number of hydrogen-bond donors (Lipinski definition) is 2. The van der Waals surface area contributed by atoms with Gasteiger partial charge in [0.05, 0.1) is 4.92 Å². The van der Waals surface area contributed by atoms with Gasteiger partial charge in [-0.25, -0.2) is 4.79 Å². The van der Waals surface area contributed by atoms with Crippen LogP contribution in [0.1, 0.15) is 45.4 Å². The van der Waals surface area contributed by atoms with Crippen molar-refractivity contribution in [2.75, 3.05) is 0 Å². The van der Waals surface area contributed by atoms with E-state index in [9.17, 15) is 19.7 Å². The fourth-order valence-electron chi connectivity index (χ4n) is 5.73. The second-order valence-corrected chi connectivity index (χ2v) is 9.21. The lowest BCUT2D eigenvalue weighted by molar-refractivity contribution is -0.386. The maximum absolute atomic E-state index is 12.5. The van der Waals surface area contributed by atoms with Crippen LogP contribution in [0.3, 0.4) is 0 Å². The van der Waals surface area contributed by atoms with Crippen LogP contribution in [0.2, 0.25) is 5.02 Å². The molecule has 0 spiro atoms. The lowest BCUT2D eigenvalue weighted by Crippen LogP contribution is -2.62. The third-order valence-corrected chi connectivity index (χ3v) is 6.68. The normalized spacial score (nSPS) is 30.5. The van der Waals surface area contributed by atoms with Gasteiger partial charge in [-0.2, -0.15) is 0 Å². The highest BCUT2D eigenvalue weighted by atomic mass is 35.5. The molecule has 156 valence electrons. The zero-order valence-corrected chi connectivity index (χ0v) is 16.9. The van der Waals surface area contributed by atoms with Crippen LogP contribution in [0.25, 0.3) is 0 Å². The number of rotatable bonds is 5. The number of carbonyl (C=O) groups excluding carboxylic acids is 2. The molecule has 9 heteroatoms. The number of halogens is 1. The summed E-state index contributed by atoms with van der Waals surface area (Å²) in [6.07, 6.45) is 5.61. The second kappa shape index (κ2) is 7.48. The number of nitro benzene ring substituents is 1. The molecule has 0 radical (unpaired) electrons. The summed E-state index contributed by atoms with van der Waals surface area (Å²) < 4.78 is 5.43. The van der Waals surface area contributed by atoms with E-state index in [2.05, 4.69) is 10.6 Å². The molecule has 4 fully saturated rings. The Labute approximate surface area is 173 Å². The average Bonchev–Trinajstić information content (AvgIpc) is 2.61. The summed E-state index contributed by atoms with van der Waals surface area (Å²) >= 11 is 5.78. The molecule has 4 bridgehead atoms. The minimum atomic E-state index is -1.09. The van der Waals surface area contributed by atoms with Gasteiger partial charge in [-0.05, 0) is 75.3 Å². The van der Waals surface area contributed by atoms with Gasteiger partial charge in [0, 0.05) is 16.6 Å².